The van der Waals surface area contributed by atoms with E-state index in [0.717, 1.165) is 62.2 Å². The van der Waals surface area contributed by atoms with Gasteiger partial charge >= 0.3 is 0 Å². The Morgan fingerprint density at radius 3 is 2.52 bits per heavy atom. The second-order valence-corrected chi connectivity index (χ2v) is 7.97. The molecule has 0 atom stereocenters. The van der Waals surface area contributed by atoms with Gasteiger partial charge in [-0.25, -0.2) is 9.97 Å². The number of carbonyl (C=O) groups excluding carboxylic acids is 1. The minimum absolute atomic E-state index is 0.207. The number of rotatable bonds is 3. The van der Waals surface area contributed by atoms with Crippen molar-refractivity contribution < 1.29 is 4.79 Å². The molecule has 1 saturated carbocycles. The lowest BCUT2D eigenvalue weighted by atomic mass is 9.95. The quantitative estimate of drug-likeness (QED) is 0.849. The fourth-order valence-electron chi connectivity index (χ4n) is 3.48. The summed E-state index contributed by atoms with van der Waals surface area (Å²) in [5.41, 5.74) is 0. The summed E-state index contributed by atoms with van der Waals surface area (Å²) in [6, 6.07) is 2.01. The molecule has 3 heterocycles. The third-order valence-electron chi connectivity index (χ3n) is 5.09. The topological polar surface area (TPSA) is 49.3 Å². The second kappa shape index (κ2) is 6.67. The molecular weight excluding hydrogens is 308 g/mol. The van der Waals surface area contributed by atoms with Gasteiger partial charge in [0, 0.05) is 55.7 Å². The molecule has 3 fully saturated rings. The maximum atomic E-state index is 12.6. The van der Waals surface area contributed by atoms with Gasteiger partial charge in [-0.1, -0.05) is 0 Å². The fraction of sp³-hybridized carbons (Fsp3) is 0.706. The number of amides is 1. The summed E-state index contributed by atoms with van der Waals surface area (Å²) in [6.07, 6.45) is 6.25. The van der Waals surface area contributed by atoms with Crippen molar-refractivity contribution in [1.82, 2.24) is 14.9 Å². The van der Waals surface area contributed by atoms with Crippen molar-refractivity contribution >= 4 is 23.5 Å². The van der Waals surface area contributed by atoms with Crippen LogP contribution in [0.2, 0.25) is 0 Å². The van der Waals surface area contributed by atoms with Crippen LogP contribution >= 0.6 is 11.8 Å². The Morgan fingerprint density at radius 1 is 1.09 bits per heavy atom. The highest BCUT2D eigenvalue weighted by molar-refractivity contribution is 7.99. The Labute approximate surface area is 141 Å². The maximum absolute atomic E-state index is 12.6. The first-order valence-electron chi connectivity index (χ1n) is 8.75. The number of aromatic nitrogens is 2. The van der Waals surface area contributed by atoms with Crippen molar-refractivity contribution in [3.63, 3.8) is 0 Å². The van der Waals surface area contributed by atoms with Crippen LogP contribution in [0.15, 0.2) is 12.3 Å². The summed E-state index contributed by atoms with van der Waals surface area (Å²) >= 11 is 1.95. The minimum Gasteiger partial charge on any atom is -0.356 e. The van der Waals surface area contributed by atoms with Crippen LogP contribution in [-0.4, -0.2) is 58.5 Å². The Balaban J connectivity index is 1.35. The second-order valence-electron chi connectivity index (χ2n) is 6.75. The average molecular weight is 332 g/mol. The molecule has 23 heavy (non-hydrogen) atoms. The van der Waals surface area contributed by atoms with Crippen LogP contribution < -0.4 is 4.90 Å². The first kappa shape index (κ1) is 15.2. The Hall–Kier alpha value is -1.30. The molecule has 0 bridgehead atoms. The van der Waals surface area contributed by atoms with Crippen LogP contribution in [-0.2, 0) is 4.79 Å². The average Bonchev–Trinajstić information content (AvgIpc) is 3.47. The molecule has 0 radical (unpaired) electrons. The van der Waals surface area contributed by atoms with Gasteiger partial charge in [0.1, 0.15) is 11.6 Å². The number of thioether (sulfide) groups is 1. The van der Waals surface area contributed by atoms with Crippen molar-refractivity contribution in [3.8, 4) is 0 Å². The molecule has 1 aromatic rings. The van der Waals surface area contributed by atoms with Crippen molar-refractivity contribution in [2.24, 2.45) is 5.92 Å². The molecule has 0 unspecified atom stereocenters. The summed E-state index contributed by atoms with van der Waals surface area (Å²) in [4.78, 5) is 26.2. The molecule has 0 N–H and O–H groups in total. The van der Waals surface area contributed by atoms with Gasteiger partial charge in [0.25, 0.3) is 0 Å². The van der Waals surface area contributed by atoms with Crippen LogP contribution in [0.1, 0.15) is 37.4 Å². The highest BCUT2D eigenvalue weighted by Gasteiger charge is 2.31. The SMILES string of the molecule is O=C(C1CCN(c2ccnc(C3CC3)n2)CC1)N1CCSCC1. The van der Waals surface area contributed by atoms with E-state index in [1.165, 1.54) is 12.8 Å². The molecule has 6 heteroatoms. The molecule has 4 rings (SSSR count). The van der Waals surface area contributed by atoms with E-state index in [-0.39, 0.29) is 5.92 Å². The highest BCUT2D eigenvalue weighted by atomic mass is 32.2. The first-order valence-corrected chi connectivity index (χ1v) is 9.91. The summed E-state index contributed by atoms with van der Waals surface area (Å²) in [7, 11) is 0. The number of hydrogen-bond acceptors (Lipinski definition) is 5. The van der Waals surface area contributed by atoms with E-state index < -0.39 is 0 Å². The van der Waals surface area contributed by atoms with Crippen molar-refractivity contribution in [3.05, 3.63) is 18.1 Å². The lowest BCUT2D eigenvalue weighted by molar-refractivity contribution is -0.135. The summed E-state index contributed by atoms with van der Waals surface area (Å²) in [5, 5.41) is 0. The van der Waals surface area contributed by atoms with E-state index in [9.17, 15) is 4.79 Å². The van der Waals surface area contributed by atoms with Gasteiger partial charge in [-0.2, -0.15) is 11.8 Å². The Morgan fingerprint density at radius 2 is 1.83 bits per heavy atom. The summed E-state index contributed by atoms with van der Waals surface area (Å²) in [5.74, 6) is 5.41. The van der Waals surface area contributed by atoms with Crippen LogP contribution in [0.3, 0.4) is 0 Å². The molecule has 1 amide bonds. The lowest BCUT2D eigenvalue weighted by Crippen LogP contribution is -2.45. The maximum Gasteiger partial charge on any atom is 0.225 e. The number of anilines is 1. The Bertz CT molecular complexity index is 563. The standard InChI is InChI=1S/C17H24N4OS/c22-17(21-9-11-23-12-10-21)14-4-7-20(8-5-14)15-3-6-18-16(19-15)13-1-2-13/h3,6,13-14H,1-2,4-5,7-12H2. The molecule has 0 aromatic carbocycles. The smallest absolute Gasteiger partial charge is 0.225 e. The molecule has 3 aliphatic rings. The largest absolute Gasteiger partial charge is 0.356 e. The zero-order chi connectivity index (χ0) is 15.6. The summed E-state index contributed by atoms with van der Waals surface area (Å²) in [6.45, 7) is 3.72. The minimum atomic E-state index is 0.207. The molecule has 5 nitrogen and oxygen atoms in total. The van der Waals surface area contributed by atoms with Crippen molar-refractivity contribution in [2.75, 3.05) is 42.6 Å². The predicted molar refractivity (Wildman–Crippen MR) is 92.8 cm³/mol. The number of carbonyl (C=O) groups is 1. The lowest BCUT2D eigenvalue weighted by Gasteiger charge is -2.36. The van der Waals surface area contributed by atoms with Gasteiger partial charge in [0.05, 0.1) is 0 Å². The molecule has 0 spiro atoms. The van der Waals surface area contributed by atoms with Crippen molar-refractivity contribution in [1.29, 1.82) is 0 Å². The van der Waals surface area contributed by atoms with E-state index in [1.807, 2.05) is 24.0 Å². The van der Waals surface area contributed by atoms with E-state index in [4.69, 9.17) is 4.98 Å². The van der Waals surface area contributed by atoms with E-state index in [0.29, 0.717) is 11.8 Å². The van der Waals surface area contributed by atoms with Crippen LogP contribution in [0.4, 0.5) is 5.82 Å². The van der Waals surface area contributed by atoms with E-state index >= 15 is 0 Å². The molecule has 1 aliphatic carbocycles. The van der Waals surface area contributed by atoms with Gasteiger partial charge in [-0.15, -0.1) is 0 Å². The monoisotopic (exact) mass is 332 g/mol. The van der Waals surface area contributed by atoms with Crippen LogP contribution in [0, 0.1) is 5.92 Å². The van der Waals surface area contributed by atoms with E-state index in [2.05, 4.69) is 14.8 Å². The van der Waals surface area contributed by atoms with Gasteiger partial charge in [0.2, 0.25) is 5.91 Å². The van der Waals surface area contributed by atoms with Gasteiger partial charge < -0.3 is 9.80 Å². The zero-order valence-corrected chi connectivity index (χ0v) is 14.3. The van der Waals surface area contributed by atoms with E-state index in [1.54, 1.807) is 0 Å². The molecule has 124 valence electrons. The molecule has 1 aromatic heterocycles. The van der Waals surface area contributed by atoms with Crippen LogP contribution in [0.25, 0.3) is 0 Å². The fourth-order valence-corrected chi connectivity index (χ4v) is 4.38. The van der Waals surface area contributed by atoms with Gasteiger partial charge in [-0.3, -0.25) is 4.79 Å². The predicted octanol–water partition coefficient (Wildman–Crippen LogP) is 2.15. The van der Waals surface area contributed by atoms with Gasteiger partial charge in [-0.05, 0) is 31.7 Å². The number of hydrogen-bond donors (Lipinski definition) is 0. The van der Waals surface area contributed by atoms with Crippen LogP contribution in [0.5, 0.6) is 0 Å². The third-order valence-corrected chi connectivity index (χ3v) is 6.04. The Kier molecular flexibility index (Phi) is 4.42. The van der Waals surface area contributed by atoms with Crippen molar-refractivity contribution in [2.45, 2.75) is 31.6 Å². The number of nitrogens with zero attached hydrogens (tertiary/aromatic N) is 4. The molecular formula is C17H24N4OS. The zero-order valence-electron chi connectivity index (χ0n) is 13.5. The normalized spacial score (nSPS) is 23.1. The highest BCUT2D eigenvalue weighted by Crippen LogP contribution is 2.38. The van der Waals surface area contributed by atoms with Gasteiger partial charge in [0.15, 0.2) is 0 Å². The molecule has 2 aliphatic heterocycles. The molecule has 2 saturated heterocycles. The third kappa shape index (κ3) is 3.47. The summed E-state index contributed by atoms with van der Waals surface area (Å²) < 4.78 is 0. The number of piperidine rings is 1. The first-order chi connectivity index (χ1) is 11.3.